The van der Waals surface area contributed by atoms with Gasteiger partial charge in [-0.15, -0.1) is 5.10 Å². The van der Waals surface area contributed by atoms with E-state index in [9.17, 15) is 8.78 Å². The zero-order chi connectivity index (χ0) is 12.4. The third kappa shape index (κ3) is 2.50. The van der Waals surface area contributed by atoms with E-state index in [1.165, 1.54) is 0 Å². The number of aromatic nitrogens is 3. The number of nitrogens with one attached hydrogen (secondary N) is 1. The number of anilines is 1. The van der Waals surface area contributed by atoms with Crippen LogP contribution in [0.15, 0.2) is 18.2 Å². The number of aliphatic hydroxyl groups is 1. The van der Waals surface area contributed by atoms with Crippen molar-refractivity contribution in [1.82, 2.24) is 14.6 Å². The van der Waals surface area contributed by atoms with E-state index in [2.05, 4.69) is 15.4 Å². The third-order valence-corrected chi connectivity index (χ3v) is 2.31. The Morgan fingerprint density at radius 3 is 2.88 bits per heavy atom. The van der Waals surface area contributed by atoms with Gasteiger partial charge in [-0.1, -0.05) is 6.07 Å². The van der Waals surface area contributed by atoms with E-state index in [1.807, 2.05) is 19.1 Å². The van der Waals surface area contributed by atoms with E-state index in [1.54, 1.807) is 10.6 Å². The number of halogens is 2. The van der Waals surface area contributed by atoms with Crippen LogP contribution in [0.4, 0.5) is 14.7 Å². The average Bonchev–Trinajstić information content (AvgIpc) is 2.70. The van der Waals surface area contributed by atoms with Gasteiger partial charge in [0.15, 0.2) is 5.65 Å². The number of fused-ring (bicyclic) bond motifs is 1. The van der Waals surface area contributed by atoms with Crippen LogP contribution >= 0.6 is 0 Å². The van der Waals surface area contributed by atoms with Crippen molar-refractivity contribution in [3.63, 3.8) is 0 Å². The zero-order valence-corrected chi connectivity index (χ0v) is 9.14. The summed E-state index contributed by atoms with van der Waals surface area (Å²) in [4.78, 5) is 4.09. The van der Waals surface area contributed by atoms with Gasteiger partial charge in [0.1, 0.15) is 6.10 Å². The van der Waals surface area contributed by atoms with Gasteiger partial charge in [-0.3, -0.25) is 0 Å². The monoisotopic (exact) mass is 242 g/mol. The molecule has 17 heavy (non-hydrogen) atoms. The van der Waals surface area contributed by atoms with Gasteiger partial charge in [-0.25, -0.2) is 13.3 Å². The first-order valence-corrected chi connectivity index (χ1v) is 5.10. The molecule has 92 valence electrons. The molecule has 0 aromatic carbocycles. The summed E-state index contributed by atoms with van der Waals surface area (Å²) >= 11 is 0. The molecule has 0 saturated heterocycles. The summed E-state index contributed by atoms with van der Waals surface area (Å²) in [6.07, 6.45) is -4.50. The Labute approximate surface area is 96.1 Å². The molecule has 1 atom stereocenters. The fourth-order valence-electron chi connectivity index (χ4n) is 1.40. The first-order valence-electron chi connectivity index (χ1n) is 5.10. The van der Waals surface area contributed by atoms with Crippen molar-refractivity contribution < 1.29 is 13.9 Å². The van der Waals surface area contributed by atoms with E-state index in [0.717, 1.165) is 5.69 Å². The lowest BCUT2D eigenvalue weighted by atomic mass is 10.4. The number of pyridine rings is 1. The first kappa shape index (κ1) is 11.7. The summed E-state index contributed by atoms with van der Waals surface area (Å²) in [6.45, 7) is 1.58. The minimum atomic E-state index is -2.78. The standard InChI is InChI=1S/C10H12F2N4O/c1-6-3-2-4-8-14-10(15-16(6)8)13-5-7(17)9(11)12/h2-4,7,9,17H,5H2,1H3,(H,13,15). The first-order chi connectivity index (χ1) is 8.08. The number of rotatable bonds is 4. The molecule has 2 rings (SSSR count). The van der Waals surface area contributed by atoms with E-state index in [0.29, 0.717) is 5.65 Å². The summed E-state index contributed by atoms with van der Waals surface area (Å²) in [6, 6.07) is 5.45. The molecule has 0 bridgehead atoms. The summed E-state index contributed by atoms with van der Waals surface area (Å²) < 4.78 is 25.7. The van der Waals surface area contributed by atoms with Gasteiger partial charge in [0.05, 0.1) is 0 Å². The molecule has 0 aliphatic heterocycles. The summed E-state index contributed by atoms with van der Waals surface area (Å²) in [7, 11) is 0. The molecule has 2 aromatic rings. The molecular weight excluding hydrogens is 230 g/mol. The molecule has 5 nitrogen and oxygen atoms in total. The zero-order valence-electron chi connectivity index (χ0n) is 9.14. The molecule has 0 amide bonds. The third-order valence-electron chi connectivity index (χ3n) is 2.31. The normalized spacial score (nSPS) is 13.2. The van der Waals surface area contributed by atoms with Crippen molar-refractivity contribution >= 4 is 11.6 Å². The van der Waals surface area contributed by atoms with E-state index < -0.39 is 12.5 Å². The van der Waals surface area contributed by atoms with E-state index >= 15 is 0 Å². The molecule has 0 radical (unpaired) electrons. The summed E-state index contributed by atoms with van der Waals surface area (Å²) in [5.41, 5.74) is 1.51. The van der Waals surface area contributed by atoms with Gasteiger partial charge in [-0.2, -0.15) is 4.98 Å². The molecule has 2 heterocycles. The van der Waals surface area contributed by atoms with Crippen LogP contribution in [0.2, 0.25) is 0 Å². The highest BCUT2D eigenvalue weighted by Crippen LogP contribution is 2.08. The smallest absolute Gasteiger partial charge is 0.265 e. The summed E-state index contributed by atoms with van der Waals surface area (Å²) in [5, 5.41) is 15.6. The minimum absolute atomic E-state index is 0.221. The average molecular weight is 242 g/mol. The molecular formula is C10H12F2N4O. The number of alkyl halides is 2. The van der Waals surface area contributed by atoms with Crippen molar-refractivity contribution in [2.45, 2.75) is 19.5 Å². The molecule has 7 heteroatoms. The Balaban J connectivity index is 2.12. The maximum Gasteiger partial charge on any atom is 0.265 e. The van der Waals surface area contributed by atoms with E-state index in [4.69, 9.17) is 5.11 Å². The van der Waals surface area contributed by atoms with E-state index in [-0.39, 0.29) is 12.5 Å². The minimum Gasteiger partial charge on any atom is -0.385 e. The van der Waals surface area contributed by atoms with Crippen molar-refractivity contribution in [3.8, 4) is 0 Å². The van der Waals surface area contributed by atoms with Crippen molar-refractivity contribution in [3.05, 3.63) is 23.9 Å². The topological polar surface area (TPSA) is 62.5 Å². The van der Waals surface area contributed by atoms with Crippen molar-refractivity contribution in [2.24, 2.45) is 0 Å². The number of aliphatic hydroxyl groups excluding tert-OH is 1. The lowest BCUT2D eigenvalue weighted by molar-refractivity contribution is 0.00377. The van der Waals surface area contributed by atoms with Gasteiger partial charge < -0.3 is 10.4 Å². The number of aryl methyl sites for hydroxylation is 1. The van der Waals surface area contributed by atoms with Crippen LogP contribution in [0, 0.1) is 6.92 Å². The van der Waals surface area contributed by atoms with Gasteiger partial charge in [0.2, 0.25) is 5.95 Å². The van der Waals surface area contributed by atoms with Crippen LogP contribution in [0.1, 0.15) is 5.69 Å². The van der Waals surface area contributed by atoms with Gasteiger partial charge in [0, 0.05) is 12.2 Å². The largest absolute Gasteiger partial charge is 0.385 e. The quantitative estimate of drug-likeness (QED) is 0.842. The molecule has 0 saturated carbocycles. The fourth-order valence-corrected chi connectivity index (χ4v) is 1.40. The highest BCUT2D eigenvalue weighted by molar-refractivity contribution is 5.44. The van der Waals surface area contributed by atoms with Gasteiger partial charge >= 0.3 is 0 Å². The van der Waals surface area contributed by atoms with Gasteiger partial charge in [0.25, 0.3) is 6.43 Å². The second-order valence-corrected chi connectivity index (χ2v) is 3.66. The lowest BCUT2D eigenvalue weighted by Crippen LogP contribution is -2.27. The van der Waals surface area contributed by atoms with Crippen LogP contribution in [0.25, 0.3) is 5.65 Å². The highest BCUT2D eigenvalue weighted by atomic mass is 19.3. The number of hydrogen-bond donors (Lipinski definition) is 2. The van der Waals surface area contributed by atoms with Crippen molar-refractivity contribution in [1.29, 1.82) is 0 Å². The van der Waals surface area contributed by atoms with Crippen LogP contribution in [-0.4, -0.2) is 38.8 Å². The van der Waals surface area contributed by atoms with Crippen LogP contribution in [0.5, 0.6) is 0 Å². The molecule has 1 unspecified atom stereocenters. The molecule has 0 aliphatic rings. The molecule has 0 aliphatic carbocycles. The van der Waals surface area contributed by atoms with Crippen LogP contribution < -0.4 is 5.32 Å². The van der Waals surface area contributed by atoms with Crippen LogP contribution in [0.3, 0.4) is 0 Å². The second kappa shape index (κ2) is 4.62. The predicted octanol–water partition coefficient (Wildman–Crippen LogP) is 1.08. The number of hydrogen-bond acceptors (Lipinski definition) is 4. The lowest BCUT2D eigenvalue weighted by Gasteiger charge is -2.08. The van der Waals surface area contributed by atoms with Gasteiger partial charge in [-0.05, 0) is 19.1 Å². The Bertz CT molecular complexity index is 514. The highest BCUT2D eigenvalue weighted by Gasteiger charge is 2.17. The Morgan fingerprint density at radius 2 is 2.24 bits per heavy atom. The molecule has 2 aromatic heterocycles. The molecule has 0 spiro atoms. The molecule has 0 fully saturated rings. The maximum absolute atomic E-state index is 12.1. The Morgan fingerprint density at radius 1 is 1.47 bits per heavy atom. The Kier molecular flexibility index (Phi) is 3.19. The summed E-state index contributed by atoms with van der Waals surface area (Å²) in [5.74, 6) is 0.221. The molecule has 2 N–H and O–H groups in total. The number of nitrogens with zero attached hydrogens (tertiary/aromatic N) is 3. The fraction of sp³-hybridized carbons (Fsp3) is 0.400. The second-order valence-electron chi connectivity index (χ2n) is 3.66. The SMILES string of the molecule is Cc1cccc2nc(NCC(O)C(F)F)nn12. The maximum atomic E-state index is 12.1. The Hall–Kier alpha value is -1.76. The van der Waals surface area contributed by atoms with Crippen LogP contribution in [-0.2, 0) is 0 Å². The predicted molar refractivity (Wildman–Crippen MR) is 58.2 cm³/mol. The van der Waals surface area contributed by atoms with Crippen molar-refractivity contribution in [2.75, 3.05) is 11.9 Å².